The molecule has 5 atom stereocenters. The summed E-state index contributed by atoms with van der Waals surface area (Å²) >= 11 is 0. The number of nitrogens with zero attached hydrogens (tertiary/aromatic N) is 1. The van der Waals surface area contributed by atoms with Crippen LogP contribution in [0.3, 0.4) is 0 Å². The van der Waals surface area contributed by atoms with Gasteiger partial charge in [0.25, 0.3) is 0 Å². The van der Waals surface area contributed by atoms with Gasteiger partial charge in [-0.15, -0.1) is 0 Å². The Labute approximate surface area is 120 Å². The van der Waals surface area contributed by atoms with Crippen LogP contribution in [0.25, 0.3) is 11.0 Å². The van der Waals surface area contributed by atoms with Crippen molar-refractivity contribution in [3.05, 3.63) is 30.1 Å². The second kappa shape index (κ2) is 5.70. The monoisotopic (exact) mass is 294 g/mol. The molecule has 0 bridgehead atoms. The first-order chi connectivity index (χ1) is 10.1. The molecule has 2 aromatic rings. The van der Waals surface area contributed by atoms with E-state index in [1.165, 1.54) is 0 Å². The first-order valence-corrected chi connectivity index (χ1v) is 6.84. The number of para-hydroxylation sites is 2. The van der Waals surface area contributed by atoms with Crippen molar-refractivity contribution in [2.24, 2.45) is 0 Å². The zero-order chi connectivity index (χ0) is 15.0. The molecule has 1 aliphatic rings. The minimum atomic E-state index is -1.36. The van der Waals surface area contributed by atoms with Gasteiger partial charge >= 0.3 is 0 Å². The number of aliphatic hydroxyl groups is 4. The molecular weight excluding hydrogens is 276 g/mol. The smallest absolute Gasteiger partial charge is 0.111 e. The fraction of sp³-hybridized carbons (Fsp3) is 0.500. The summed E-state index contributed by atoms with van der Waals surface area (Å²) in [5.74, 6) is 0.612. The van der Waals surface area contributed by atoms with Crippen molar-refractivity contribution in [2.45, 2.75) is 36.9 Å². The second-order valence-electron chi connectivity index (χ2n) is 5.27. The number of imidazole rings is 1. The van der Waals surface area contributed by atoms with Gasteiger partial charge in [-0.2, -0.15) is 0 Å². The van der Waals surface area contributed by atoms with E-state index in [0.29, 0.717) is 5.82 Å². The summed E-state index contributed by atoms with van der Waals surface area (Å²) < 4.78 is 5.46. The third kappa shape index (κ3) is 2.66. The van der Waals surface area contributed by atoms with E-state index in [1.807, 2.05) is 24.3 Å². The first-order valence-electron chi connectivity index (χ1n) is 6.84. The third-order valence-corrected chi connectivity index (χ3v) is 3.82. The lowest BCUT2D eigenvalue weighted by molar-refractivity contribution is -0.228. The number of hydrogen-bond donors (Lipinski definition) is 5. The van der Waals surface area contributed by atoms with Gasteiger partial charge in [0.1, 0.15) is 30.2 Å². The average molecular weight is 294 g/mol. The molecular formula is C14H18N2O5. The molecule has 21 heavy (non-hydrogen) atoms. The number of rotatable bonds is 3. The van der Waals surface area contributed by atoms with Crippen LogP contribution in [0.1, 0.15) is 5.82 Å². The zero-order valence-electron chi connectivity index (χ0n) is 11.3. The highest BCUT2D eigenvalue weighted by Crippen LogP contribution is 2.23. The van der Waals surface area contributed by atoms with Crippen LogP contribution in [0.2, 0.25) is 0 Å². The van der Waals surface area contributed by atoms with Crippen LogP contribution in [-0.2, 0) is 11.2 Å². The van der Waals surface area contributed by atoms with E-state index in [0.717, 1.165) is 11.0 Å². The molecule has 0 spiro atoms. The molecule has 2 heterocycles. The van der Waals surface area contributed by atoms with Crippen molar-refractivity contribution < 1.29 is 25.2 Å². The summed E-state index contributed by atoms with van der Waals surface area (Å²) in [5.41, 5.74) is 1.68. The summed E-state index contributed by atoms with van der Waals surface area (Å²) in [4.78, 5) is 7.50. The van der Waals surface area contributed by atoms with E-state index in [9.17, 15) is 15.3 Å². The van der Waals surface area contributed by atoms with Crippen LogP contribution in [-0.4, -0.2) is 67.5 Å². The van der Waals surface area contributed by atoms with E-state index in [-0.39, 0.29) is 6.42 Å². The maximum atomic E-state index is 10.00. The van der Waals surface area contributed by atoms with Crippen molar-refractivity contribution in [3.63, 3.8) is 0 Å². The first kappa shape index (κ1) is 14.4. The fourth-order valence-electron chi connectivity index (χ4n) is 2.64. The average Bonchev–Trinajstić information content (AvgIpc) is 2.90. The predicted octanol–water partition coefficient (Wildman–Crippen LogP) is -1.05. The van der Waals surface area contributed by atoms with Gasteiger partial charge in [-0.3, -0.25) is 0 Å². The van der Waals surface area contributed by atoms with Gasteiger partial charge in [0.2, 0.25) is 0 Å². The Morgan fingerprint density at radius 2 is 1.76 bits per heavy atom. The van der Waals surface area contributed by atoms with Crippen LogP contribution < -0.4 is 0 Å². The third-order valence-electron chi connectivity index (χ3n) is 3.82. The van der Waals surface area contributed by atoms with Crippen LogP contribution in [0, 0.1) is 0 Å². The molecule has 1 aromatic heterocycles. The molecule has 7 heteroatoms. The number of aromatic nitrogens is 2. The summed E-state index contributed by atoms with van der Waals surface area (Å²) in [6.07, 6.45) is -5.33. The maximum absolute atomic E-state index is 10.00. The highest BCUT2D eigenvalue weighted by Gasteiger charge is 2.43. The predicted molar refractivity (Wildman–Crippen MR) is 73.6 cm³/mol. The molecule has 1 aliphatic heterocycles. The summed E-state index contributed by atoms with van der Waals surface area (Å²) in [6, 6.07) is 7.51. The van der Waals surface area contributed by atoms with E-state index in [4.69, 9.17) is 9.84 Å². The van der Waals surface area contributed by atoms with Crippen LogP contribution >= 0.6 is 0 Å². The van der Waals surface area contributed by atoms with Gasteiger partial charge in [0.15, 0.2) is 0 Å². The number of benzene rings is 1. The van der Waals surface area contributed by atoms with Crippen LogP contribution in [0.15, 0.2) is 24.3 Å². The number of fused-ring (bicyclic) bond motifs is 1. The SMILES string of the molecule is OC[C@H]1O[C@@H](Cc2nc3ccccc3[nH]2)[C@H](O)[C@@H](O)[C@@H]1O. The molecule has 1 fully saturated rings. The van der Waals surface area contributed by atoms with E-state index in [2.05, 4.69) is 9.97 Å². The van der Waals surface area contributed by atoms with Crippen molar-refractivity contribution >= 4 is 11.0 Å². The Hall–Kier alpha value is -1.51. The summed E-state index contributed by atoms with van der Waals surface area (Å²) in [5, 5.41) is 38.7. The highest BCUT2D eigenvalue weighted by molar-refractivity contribution is 5.74. The number of nitrogens with one attached hydrogen (secondary N) is 1. The van der Waals surface area contributed by atoms with Crippen LogP contribution in [0.5, 0.6) is 0 Å². The fourth-order valence-corrected chi connectivity index (χ4v) is 2.64. The largest absolute Gasteiger partial charge is 0.394 e. The molecule has 1 saturated heterocycles. The van der Waals surface area contributed by atoms with Crippen LogP contribution in [0.4, 0.5) is 0 Å². The topological polar surface area (TPSA) is 119 Å². The highest BCUT2D eigenvalue weighted by atomic mass is 16.5. The quantitative estimate of drug-likeness (QED) is 0.493. The van der Waals surface area contributed by atoms with Gasteiger partial charge in [-0.1, -0.05) is 12.1 Å². The lowest BCUT2D eigenvalue weighted by atomic mass is 9.93. The standard InChI is InChI=1S/C14H18N2O5/c17-6-10-13(19)14(20)12(18)9(21-10)5-11-15-7-3-1-2-4-8(7)16-11/h1-4,9-10,12-14,17-20H,5-6H2,(H,15,16)/t9-,10+,12-,13+,14+/m0/s1. The van der Waals surface area contributed by atoms with Crippen molar-refractivity contribution in [3.8, 4) is 0 Å². The summed E-state index contributed by atoms with van der Waals surface area (Å²) in [7, 11) is 0. The molecule has 114 valence electrons. The van der Waals surface area contributed by atoms with E-state index < -0.39 is 37.1 Å². The van der Waals surface area contributed by atoms with Gasteiger partial charge in [0, 0.05) is 6.42 Å². The van der Waals surface area contributed by atoms with Gasteiger partial charge < -0.3 is 30.1 Å². The van der Waals surface area contributed by atoms with Gasteiger partial charge in [0.05, 0.1) is 23.7 Å². The van der Waals surface area contributed by atoms with Crippen molar-refractivity contribution in [2.75, 3.05) is 6.61 Å². The molecule has 0 radical (unpaired) electrons. The molecule has 0 amide bonds. The van der Waals surface area contributed by atoms with E-state index in [1.54, 1.807) is 0 Å². The maximum Gasteiger partial charge on any atom is 0.111 e. The molecule has 0 saturated carbocycles. The molecule has 1 aromatic carbocycles. The van der Waals surface area contributed by atoms with E-state index >= 15 is 0 Å². The number of aromatic amines is 1. The van der Waals surface area contributed by atoms with Crippen molar-refractivity contribution in [1.29, 1.82) is 0 Å². The van der Waals surface area contributed by atoms with Gasteiger partial charge in [-0.05, 0) is 12.1 Å². The van der Waals surface area contributed by atoms with Crippen molar-refractivity contribution in [1.82, 2.24) is 9.97 Å². The summed E-state index contributed by atoms with van der Waals surface area (Å²) in [6.45, 7) is -0.429. The minimum Gasteiger partial charge on any atom is -0.394 e. The Balaban J connectivity index is 1.79. The minimum absolute atomic E-state index is 0.246. The zero-order valence-corrected chi connectivity index (χ0v) is 11.3. The van der Waals surface area contributed by atoms with Gasteiger partial charge in [-0.25, -0.2) is 4.98 Å². The molecule has 7 nitrogen and oxygen atoms in total. The molecule has 5 N–H and O–H groups in total. The normalized spacial score (nSPS) is 33.4. The Kier molecular flexibility index (Phi) is 3.92. The number of hydrogen-bond acceptors (Lipinski definition) is 6. The molecule has 3 rings (SSSR count). The Morgan fingerprint density at radius 1 is 1.05 bits per heavy atom. The Bertz CT molecular complexity index is 581. The molecule has 0 aliphatic carbocycles. The number of ether oxygens (including phenoxy) is 1. The molecule has 0 unspecified atom stereocenters. The Morgan fingerprint density at radius 3 is 2.48 bits per heavy atom. The number of aliphatic hydroxyl groups excluding tert-OH is 4. The number of H-pyrrole nitrogens is 1. The lowest BCUT2D eigenvalue weighted by Crippen LogP contribution is -2.59. The lowest BCUT2D eigenvalue weighted by Gasteiger charge is -2.39. The second-order valence-corrected chi connectivity index (χ2v) is 5.27.